The molecule has 1 atom stereocenters. The molecule has 2 heterocycles. The topological polar surface area (TPSA) is 46.3 Å². The first-order valence-electron chi connectivity index (χ1n) is 8.51. The Kier molecular flexibility index (Phi) is 4.68. The Labute approximate surface area is 127 Å². The van der Waals surface area contributed by atoms with E-state index in [1.54, 1.807) is 6.33 Å². The van der Waals surface area contributed by atoms with E-state index in [1.807, 2.05) is 4.68 Å². The van der Waals surface area contributed by atoms with Gasteiger partial charge in [0.05, 0.1) is 0 Å². The van der Waals surface area contributed by atoms with Gasteiger partial charge in [0, 0.05) is 18.7 Å². The summed E-state index contributed by atoms with van der Waals surface area (Å²) in [5.74, 6) is 1.64. The zero-order chi connectivity index (χ0) is 14.7. The van der Waals surface area contributed by atoms with E-state index in [0.29, 0.717) is 6.17 Å². The van der Waals surface area contributed by atoms with E-state index in [2.05, 4.69) is 33.8 Å². The number of fused-ring (bicyclic) bond motifs is 1. The van der Waals surface area contributed by atoms with Crippen molar-refractivity contribution in [2.75, 3.05) is 13.1 Å². The minimum atomic E-state index is 0.307. The monoisotopic (exact) mass is 289 g/mol. The molecule has 1 aromatic heterocycles. The number of aromatic nitrogens is 3. The molecule has 0 amide bonds. The molecular weight excluding hydrogens is 262 g/mol. The van der Waals surface area contributed by atoms with Gasteiger partial charge in [-0.3, -0.25) is 4.90 Å². The maximum absolute atomic E-state index is 4.62. The van der Waals surface area contributed by atoms with Crippen LogP contribution >= 0.6 is 0 Å². The molecular formula is C16H27N5. The van der Waals surface area contributed by atoms with Crippen molar-refractivity contribution < 1.29 is 0 Å². The van der Waals surface area contributed by atoms with E-state index in [-0.39, 0.29) is 0 Å². The second-order valence-electron chi connectivity index (χ2n) is 6.31. The van der Waals surface area contributed by atoms with Gasteiger partial charge in [-0.25, -0.2) is 9.67 Å². The van der Waals surface area contributed by atoms with Crippen LogP contribution in [0, 0.1) is 5.92 Å². The highest BCUT2D eigenvalue weighted by atomic mass is 15.5. The number of nitrogens with zero attached hydrogens (tertiary/aromatic N) is 5. The van der Waals surface area contributed by atoms with Crippen molar-refractivity contribution in [2.24, 2.45) is 10.9 Å². The van der Waals surface area contributed by atoms with Crippen molar-refractivity contribution >= 4 is 11.7 Å². The van der Waals surface area contributed by atoms with Crippen LogP contribution in [-0.2, 0) is 0 Å². The molecule has 3 rings (SSSR count). The van der Waals surface area contributed by atoms with Crippen LogP contribution in [0.15, 0.2) is 11.3 Å². The van der Waals surface area contributed by atoms with Crippen LogP contribution in [0.2, 0.25) is 0 Å². The molecule has 0 saturated heterocycles. The molecule has 1 saturated carbocycles. The molecule has 0 aromatic carbocycles. The summed E-state index contributed by atoms with van der Waals surface area (Å²) in [6.45, 7) is 6.70. The SMILES string of the molecule is CCC1=Nc2ncnn2C(N(CC)CC2CCCCC2)C1. The molecule has 2 aliphatic rings. The van der Waals surface area contributed by atoms with Crippen LogP contribution in [0.4, 0.5) is 5.95 Å². The number of aliphatic imine (C=N–C) groups is 1. The Balaban J connectivity index is 1.75. The summed E-state index contributed by atoms with van der Waals surface area (Å²) in [6, 6.07) is 0. The smallest absolute Gasteiger partial charge is 0.249 e. The van der Waals surface area contributed by atoms with Gasteiger partial charge in [-0.1, -0.05) is 33.1 Å². The predicted molar refractivity (Wildman–Crippen MR) is 84.9 cm³/mol. The number of hydrogen-bond acceptors (Lipinski definition) is 4. The highest BCUT2D eigenvalue weighted by Gasteiger charge is 2.29. The molecule has 0 spiro atoms. The van der Waals surface area contributed by atoms with E-state index in [4.69, 9.17) is 0 Å². The number of rotatable bonds is 5. The fraction of sp³-hybridized carbons (Fsp3) is 0.812. The second-order valence-corrected chi connectivity index (χ2v) is 6.31. The van der Waals surface area contributed by atoms with Gasteiger partial charge in [0.1, 0.15) is 12.5 Å². The first-order valence-corrected chi connectivity index (χ1v) is 8.51. The number of hydrogen-bond donors (Lipinski definition) is 0. The van der Waals surface area contributed by atoms with Crippen molar-refractivity contribution in [1.82, 2.24) is 19.7 Å². The molecule has 1 fully saturated rings. The van der Waals surface area contributed by atoms with E-state index < -0.39 is 0 Å². The standard InChI is InChI=1S/C16H27N5/c1-3-14-10-15(21-16(19-14)17-12-18-21)20(4-2)11-13-8-6-5-7-9-13/h12-13,15H,3-11H2,1-2H3. The largest absolute Gasteiger partial charge is 0.281 e. The molecule has 116 valence electrons. The van der Waals surface area contributed by atoms with Gasteiger partial charge in [-0.2, -0.15) is 10.1 Å². The van der Waals surface area contributed by atoms with Crippen molar-refractivity contribution in [3.63, 3.8) is 0 Å². The lowest BCUT2D eigenvalue weighted by molar-refractivity contribution is 0.105. The maximum atomic E-state index is 4.62. The third kappa shape index (κ3) is 3.18. The van der Waals surface area contributed by atoms with Crippen molar-refractivity contribution in [3.05, 3.63) is 6.33 Å². The molecule has 0 bridgehead atoms. The van der Waals surface area contributed by atoms with Crippen molar-refractivity contribution in [1.29, 1.82) is 0 Å². The average Bonchev–Trinajstić information content (AvgIpc) is 3.01. The van der Waals surface area contributed by atoms with Crippen molar-refractivity contribution in [2.45, 2.75) is 65.0 Å². The maximum Gasteiger partial charge on any atom is 0.249 e. The van der Waals surface area contributed by atoms with Crippen LogP contribution in [-0.4, -0.2) is 38.5 Å². The van der Waals surface area contributed by atoms with Crippen LogP contribution in [0.5, 0.6) is 0 Å². The fourth-order valence-corrected chi connectivity index (χ4v) is 3.69. The first kappa shape index (κ1) is 14.7. The Morgan fingerprint density at radius 1 is 1.24 bits per heavy atom. The lowest BCUT2D eigenvalue weighted by Crippen LogP contribution is -2.39. The molecule has 5 heteroatoms. The van der Waals surface area contributed by atoms with Gasteiger partial charge in [0.2, 0.25) is 5.95 Å². The Morgan fingerprint density at radius 2 is 2.05 bits per heavy atom. The summed E-state index contributed by atoms with van der Waals surface area (Å²) in [6.07, 6.45) is 11.0. The van der Waals surface area contributed by atoms with Gasteiger partial charge >= 0.3 is 0 Å². The molecule has 5 nitrogen and oxygen atoms in total. The zero-order valence-electron chi connectivity index (χ0n) is 13.3. The van der Waals surface area contributed by atoms with Crippen LogP contribution in [0.1, 0.15) is 65.0 Å². The van der Waals surface area contributed by atoms with Gasteiger partial charge in [0.25, 0.3) is 0 Å². The molecule has 0 radical (unpaired) electrons. The van der Waals surface area contributed by atoms with E-state index in [0.717, 1.165) is 31.3 Å². The van der Waals surface area contributed by atoms with Crippen LogP contribution in [0.25, 0.3) is 0 Å². The molecule has 0 N–H and O–H groups in total. The highest BCUT2D eigenvalue weighted by molar-refractivity contribution is 5.87. The molecule has 1 aliphatic carbocycles. The van der Waals surface area contributed by atoms with Gasteiger partial charge in [-0.15, -0.1) is 0 Å². The van der Waals surface area contributed by atoms with Crippen LogP contribution < -0.4 is 0 Å². The molecule has 1 aromatic rings. The zero-order valence-corrected chi connectivity index (χ0v) is 13.3. The first-order chi connectivity index (χ1) is 10.3. The Morgan fingerprint density at radius 3 is 2.76 bits per heavy atom. The Hall–Kier alpha value is -1.23. The quantitative estimate of drug-likeness (QED) is 0.832. The molecule has 1 unspecified atom stereocenters. The fourth-order valence-electron chi connectivity index (χ4n) is 3.69. The molecule has 21 heavy (non-hydrogen) atoms. The summed E-state index contributed by atoms with van der Waals surface area (Å²) < 4.78 is 2.02. The summed E-state index contributed by atoms with van der Waals surface area (Å²) in [7, 11) is 0. The summed E-state index contributed by atoms with van der Waals surface area (Å²) in [5.41, 5.74) is 1.25. The van der Waals surface area contributed by atoms with Gasteiger partial charge in [-0.05, 0) is 31.7 Å². The predicted octanol–water partition coefficient (Wildman–Crippen LogP) is 3.57. The third-order valence-electron chi connectivity index (χ3n) is 4.97. The van der Waals surface area contributed by atoms with Gasteiger partial charge in [0.15, 0.2) is 0 Å². The summed E-state index contributed by atoms with van der Waals surface area (Å²) in [4.78, 5) is 11.5. The minimum absolute atomic E-state index is 0.307. The normalized spacial score (nSPS) is 23.2. The van der Waals surface area contributed by atoms with Crippen LogP contribution in [0.3, 0.4) is 0 Å². The van der Waals surface area contributed by atoms with Gasteiger partial charge < -0.3 is 0 Å². The van der Waals surface area contributed by atoms with E-state index >= 15 is 0 Å². The van der Waals surface area contributed by atoms with E-state index in [9.17, 15) is 0 Å². The lowest BCUT2D eigenvalue weighted by Gasteiger charge is -2.36. The second kappa shape index (κ2) is 6.69. The summed E-state index contributed by atoms with van der Waals surface area (Å²) in [5, 5.41) is 4.43. The lowest BCUT2D eigenvalue weighted by atomic mass is 9.88. The summed E-state index contributed by atoms with van der Waals surface area (Å²) >= 11 is 0. The highest BCUT2D eigenvalue weighted by Crippen LogP contribution is 2.31. The Bertz CT molecular complexity index is 487. The third-order valence-corrected chi connectivity index (χ3v) is 4.97. The van der Waals surface area contributed by atoms with E-state index in [1.165, 1.54) is 44.4 Å². The van der Waals surface area contributed by atoms with Crippen molar-refractivity contribution in [3.8, 4) is 0 Å². The minimum Gasteiger partial charge on any atom is -0.281 e. The average molecular weight is 289 g/mol. The molecule has 1 aliphatic heterocycles.